The van der Waals surface area contributed by atoms with Gasteiger partial charge in [-0.25, -0.2) is 0 Å². The smallest absolute Gasteiger partial charge is 0.0802 e. The van der Waals surface area contributed by atoms with Crippen LogP contribution in [0.2, 0.25) is 0 Å². The predicted molar refractivity (Wildman–Crippen MR) is 67.7 cm³/mol. The quantitative estimate of drug-likeness (QED) is 0.832. The maximum absolute atomic E-state index is 10.0. The van der Waals surface area contributed by atoms with Crippen LogP contribution >= 0.6 is 0 Å². The van der Waals surface area contributed by atoms with Crippen LogP contribution in [0.15, 0.2) is 30.3 Å². The topological polar surface area (TPSA) is 43.7 Å². The van der Waals surface area contributed by atoms with Gasteiger partial charge < -0.3 is 15.1 Å². The highest BCUT2D eigenvalue weighted by atomic mass is 16.3. The number of hydrogen-bond donors (Lipinski definition) is 2. The normalized spacial score (nSPS) is 27.2. The van der Waals surface area contributed by atoms with Crippen LogP contribution in [-0.2, 0) is 0 Å². The molecule has 0 aromatic heterocycles. The lowest BCUT2D eigenvalue weighted by Gasteiger charge is -2.20. The van der Waals surface area contributed by atoms with Crippen molar-refractivity contribution in [2.24, 2.45) is 0 Å². The van der Waals surface area contributed by atoms with Crippen LogP contribution in [0.5, 0.6) is 0 Å². The van der Waals surface area contributed by atoms with E-state index in [1.54, 1.807) is 0 Å². The average Bonchev–Trinajstić information content (AvgIpc) is 2.67. The average molecular weight is 235 g/mol. The first-order chi connectivity index (χ1) is 8.07. The largest absolute Gasteiger partial charge is 0.389 e. The van der Waals surface area contributed by atoms with Gasteiger partial charge in [-0.1, -0.05) is 30.3 Å². The number of aliphatic hydroxyl groups is 2. The molecule has 1 aromatic carbocycles. The summed E-state index contributed by atoms with van der Waals surface area (Å²) in [6.07, 6.45) is 1.15. The molecule has 2 atom stereocenters. The Morgan fingerprint density at radius 3 is 2.65 bits per heavy atom. The summed E-state index contributed by atoms with van der Waals surface area (Å²) in [6, 6.07) is 9.74. The van der Waals surface area contributed by atoms with E-state index in [0.29, 0.717) is 6.54 Å². The summed E-state index contributed by atoms with van der Waals surface area (Å²) < 4.78 is 0. The van der Waals surface area contributed by atoms with Crippen molar-refractivity contribution in [3.63, 3.8) is 0 Å². The number of β-amino-alcohol motifs (C(OH)–C–C–N with tert-alkyl or cyclic N) is 1. The summed E-state index contributed by atoms with van der Waals surface area (Å²) in [5, 5.41) is 19.9. The van der Waals surface area contributed by atoms with Gasteiger partial charge in [-0.15, -0.1) is 0 Å². The molecule has 0 bridgehead atoms. The highest BCUT2D eigenvalue weighted by molar-refractivity contribution is 5.17. The van der Waals surface area contributed by atoms with Gasteiger partial charge in [-0.2, -0.15) is 0 Å². The van der Waals surface area contributed by atoms with Crippen molar-refractivity contribution in [3.8, 4) is 0 Å². The van der Waals surface area contributed by atoms with Gasteiger partial charge in [0.2, 0.25) is 0 Å². The maximum Gasteiger partial charge on any atom is 0.0802 e. The number of hydrogen-bond acceptors (Lipinski definition) is 3. The Labute approximate surface area is 103 Å². The zero-order valence-corrected chi connectivity index (χ0v) is 10.3. The summed E-state index contributed by atoms with van der Waals surface area (Å²) in [4.78, 5) is 2.21. The fraction of sp³-hybridized carbons (Fsp3) is 0.571. The van der Waals surface area contributed by atoms with Crippen LogP contribution < -0.4 is 0 Å². The molecule has 94 valence electrons. The van der Waals surface area contributed by atoms with E-state index in [1.165, 1.54) is 0 Å². The monoisotopic (exact) mass is 235 g/mol. The molecule has 0 spiro atoms. The highest BCUT2D eigenvalue weighted by Gasteiger charge is 2.31. The maximum atomic E-state index is 10.0. The number of likely N-dealkylation sites (tertiary alicyclic amines) is 1. The first kappa shape index (κ1) is 12.6. The molecule has 2 N–H and O–H groups in total. The van der Waals surface area contributed by atoms with Gasteiger partial charge in [0.25, 0.3) is 0 Å². The zero-order chi connectivity index (χ0) is 12.3. The molecule has 17 heavy (non-hydrogen) atoms. The van der Waals surface area contributed by atoms with E-state index >= 15 is 0 Å². The number of benzene rings is 1. The van der Waals surface area contributed by atoms with Gasteiger partial charge in [-0.05, 0) is 25.3 Å². The molecule has 1 fully saturated rings. The van der Waals surface area contributed by atoms with Crippen molar-refractivity contribution in [3.05, 3.63) is 35.9 Å². The van der Waals surface area contributed by atoms with Gasteiger partial charge in [0.15, 0.2) is 0 Å². The molecule has 1 heterocycles. The molecule has 0 radical (unpaired) electrons. The summed E-state index contributed by atoms with van der Waals surface area (Å²) in [5.74, 6) is 0. The third-order valence-electron chi connectivity index (χ3n) is 3.43. The van der Waals surface area contributed by atoms with Crippen molar-refractivity contribution in [2.75, 3.05) is 19.6 Å². The molecular formula is C14H21NO2. The van der Waals surface area contributed by atoms with E-state index in [0.717, 1.165) is 31.5 Å². The Hall–Kier alpha value is -0.900. The van der Waals surface area contributed by atoms with E-state index < -0.39 is 11.7 Å². The second-order valence-corrected chi connectivity index (χ2v) is 5.24. The summed E-state index contributed by atoms with van der Waals surface area (Å²) >= 11 is 0. The van der Waals surface area contributed by atoms with E-state index in [4.69, 9.17) is 0 Å². The third-order valence-corrected chi connectivity index (χ3v) is 3.43. The second kappa shape index (κ2) is 5.17. The fourth-order valence-electron chi connectivity index (χ4n) is 2.38. The minimum atomic E-state index is -0.544. The van der Waals surface area contributed by atoms with Crippen LogP contribution in [0.4, 0.5) is 0 Å². The minimum Gasteiger partial charge on any atom is -0.389 e. The van der Waals surface area contributed by atoms with Crippen molar-refractivity contribution in [1.82, 2.24) is 4.90 Å². The lowest BCUT2D eigenvalue weighted by atomic mass is 10.1. The number of nitrogens with zero attached hydrogens (tertiary/aromatic N) is 1. The van der Waals surface area contributed by atoms with Crippen LogP contribution in [0.3, 0.4) is 0 Å². The lowest BCUT2D eigenvalue weighted by molar-refractivity contribution is 0.0655. The van der Waals surface area contributed by atoms with E-state index in [-0.39, 0.29) is 0 Å². The van der Waals surface area contributed by atoms with Crippen LogP contribution in [-0.4, -0.2) is 40.3 Å². The molecule has 2 unspecified atom stereocenters. The Morgan fingerprint density at radius 1 is 1.35 bits per heavy atom. The van der Waals surface area contributed by atoms with E-state index in [2.05, 4.69) is 4.90 Å². The predicted octanol–water partition coefficient (Wildman–Crippen LogP) is 1.57. The van der Waals surface area contributed by atoms with E-state index in [9.17, 15) is 10.2 Å². The summed E-state index contributed by atoms with van der Waals surface area (Å²) in [7, 11) is 0. The van der Waals surface area contributed by atoms with Gasteiger partial charge in [0.1, 0.15) is 0 Å². The second-order valence-electron chi connectivity index (χ2n) is 5.24. The Bertz CT molecular complexity index is 350. The number of aliphatic hydroxyl groups excluding tert-OH is 1. The molecule has 1 aromatic rings. The first-order valence-corrected chi connectivity index (χ1v) is 6.25. The van der Waals surface area contributed by atoms with Gasteiger partial charge >= 0.3 is 0 Å². The number of rotatable bonds is 4. The Kier molecular flexibility index (Phi) is 3.82. The molecule has 3 heteroatoms. The molecule has 1 saturated heterocycles. The molecule has 1 aliphatic rings. The SMILES string of the molecule is CC1(O)CCN(CCC(O)c2ccccc2)C1. The van der Waals surface area contributed by atoms with Gasteiger partial charge in [0, 0.05) is 19.6 Å². The first-order valence-electron chi connectivity index (χ1n) is 6.25. The molecule has 2 rings (SSSR count). The molecule has 0 aliphatic carbocycles. The molecule has 0 amide bonds. The summed E-state index contributed by atoms with van der Waals surface area (Å²) in [5.41, 5.74) is 0.427. The van der Waals surface area contributed by atoms with Gasteiger partial charge in [-0.3, -0.25) is 0 Å². The Morgan fingerprint density at radius 2 is 2.06 bits per heavy atom. The molecule has 3 nitrogen and oxygen atoms in total. The molecular weight excluding hydrogens is 214 g/mol. The minimum absolute atomic E-state index is 0.401. The van der Waals surface area contributed by atoms with Crippen molar-refractivity contribution in [2.45, 2.75) is 31.5 Å². The summed E-state index contributed by atoms with van der Waals surface area (Å²) in [6.45, 7) is 4.36. The zero-order valence-electron chi connectivity index (χ0n) is 10.3. The molecule has 0 saturated carbocycles. The third kappa shape index (κ3) is 3.53. The lowest BCUT2D eigenvalue weighted by Crippen LogP contribution is -2.30. The standard InChI is InChI=1S/C14H21NO2/c1-14(17)8-10-15(11-14)9-7-13(16)12-5-3-2-4-6-12/h2-6,13,16-17H,7-11H2,1H3. The fourth-order valence-corrected chi connectivity index (χ4v) is 2.38. The van der Waals surface area contributed by atoms with Crippen molar-refractivity contribution < 1.29 is 10.2 Å². The van der Waals surface area contributed by atoms with Gasteiger partial charge in [0.05, 0.1) is 11.7 Å². The van der Waals surface area contributed by atoms with Crippen LogP contribution in [0.1, 0.15) is 31.4 Å². The Balaban J connectivity index is 1.79. The van der Waals surface area contributed by atoms with Crippen LogP contribution in [0, 0.1) is 0 Å². The highest BCUT2D eigenvalue weighted by Crippen LogP contribution is 2.22. The molecule has 1 aliphatic heterocycles. The van der Waals surface area contributed by atoms with E-state index in [1.807, 2.05) is 37.3 Å². The van der Waals surface area contributed by atoms with Crippen molar-refractivity contribution in [1.29, 1.82) is 0 Å². The van der Waals surface area contributed by atoms with Crippen molar-refractivity contribution >= 4 is 0 Å². The van der Waals surface area contributed by atoms with Crippen LogP contribution in [0.25, 0.3) is 0 Å².